The summed E-state index contributed by atoms with van der Waals surface area (Å²) in [5, 5.41) is 6.07. The molecule has 1 N–H and O–H groups in total. The fraction of sp³-hybridized carbons (Fsp3) is 0.0909. The molecule has 0 saturated heterocycles. The minimum atomic E-state index is -0.338. The molecule has 1 aromatic heterocycles. The standard InChI is InChI=1S/C11H9FN2O/c1-7-3-2-4-8(12)11(7)9-5-6-10(15)14-13-9/h2-6H,1H3,(H,14,15). The van der Waals surface area contributed by atoms with Gasteiger partial charge < -0.3 is 0 Å². The molecule has 4 heteroatoms. The molecule has 0 atom stereocenters. The number of hydrogen-bond donors (Lipinski definition) is 1. The summed E-state index contributed by atoms with van der Waals surface area (Å²) in [5.74, 6) is -0.338. The van der Waals surface area contributed by atoms with Gasteiger partial charge in [-0.2, -0.15) is 5.10 Å². The Hall–Kier alpha value is -1.97. The predicted molar refractivity (Wildman–Crippen MR) is 55.0 cm³/mol. The van der Waals surface area contributed by atoms with Gasteiger partial charge in [-0.25, -0.2) is 9.49 Å². The van der Waals surface area contributed by atoms with Crippen LogP contribution in [-0.2, 0) is 0 Å². The Labute approximate surface area is 85.6 Å². The lowest BCUT2D eigenvalue weighted by Crippen LogP contribution is -2.06. The van der Waals surface area contributed by atoms with Crippen molar-refractivity contribution in [3.05, 3.63) is 52.1 Å². The zero-order chi connectivity index (χ0) is 10.8. The second-order valence-electron chi connectivity index (χ2n) is 3.24. The summed E-state index contributed by atoms with van der Waals surface area (Å²) < 4.78 is 13.5. The summed E-state index contributed by atoms with van der Waals surface area (Å²) in [7, 11) is 0. The second-order valence-corrected chi connectivity index (χ2v) is 3.24. The molecule has 1 aromatic carbocycles. The van der Waals surface area contributed by atoms with Crippen LogP contribution in [0.25, 0.3) is 11.3 Å². The fourth-order valence-corrected chi connectivity index (χ4v) is 1.44. The smallest absolute Gasteiger partial charge is 0.264 e. The highest BCUT2D eigenvalue weighted by atomic mass is 19.1. The van der Waals surface area contributed by atoms with Gasteiger partial charge in [0.25, 0.3) is 5.56 Å². The molecule has 0 fully saturated rings. The minimum absolute atomic E-state index is 0.298. The lowest BCUT2D eigenvalue weighted by Gasteiger charge is -2.04. The Kier molecular flexibility index (Phi) is 2.33. The molecular weight excluding hydrogens is 195 g/mol. The van der Waals surface area contributed by atoms with Gasteiger partial charge in [-0.1, -0.05) is 12.1 Å². The Bertz CT molecular complexity index is 508. The molecule has 0 amide bonds. The highest BCUT2D eigenvalue weighted by Crippen LogP contribution is 2.23. The molecule has 3 nitrogen and oxygen atoms in total. The normalized spacial score (nSPS) is 10.3. The molecule has 0 saturated carbocycles. The van der Waals surface area contributed by atoms with Gasteiger partial charge in [0.1, 0.15) is 5.82 Å². The third kappa shape index (κ3) is 1.79. The molecule has 2 aromatic rings. The molecule has 0 aliphatic carbocycles. The van der Waals surface area contributed by atoms with E-state index in [1.54, 1.807) is 19.1 Å². The Balaban J connectivity index is 2.63. The van der Waals surface area contributed by atoms with E-state index in [0.717, 1.165) is 5.56 Å². The first-order valence-corrected chi connectivity index (χ1v) is 4.50. The molecule has 0 aliphatic rings. The first-order chi connectivity index (χ1) is 7.18. The van der Waals surface area contributed by atoms with Gasteiger partial charge in [0.2, 0.25) is 0 Å². The van der Waals surface area contributed by atoms with Crippen molar-refractivity contribution in [3.8, 4) is 11.3 Å². The number of H-pyrrole nitrogens is 1. The second kappa shape index (κ2) is 3.65. The zero-order valence-corrected chi connectivity index (χ0v) is 8.12. The third-order valence-corrected chi connectivity index (χ3v) is 2.16. The molecule has 0 spiro atoms. The molecule has 0 bridgehead atoms. The molecule has 0 aliphatic heterocycles. The number of aryl methyl sites for hydroxylation is 1. The van der Waals surface area contributed by atoms with Crippen LogP contribution < -0.4 is 5.56 Å². The van der Waals surface area contributed by atoms with Crippen molar-refractivity contribution in [2.45, 2.75) is 6.92 Å². The average Bonchev–Trinajstić information content (AvgIpc) is 2.20. The van der Waals surface area contributed by atoms with Crippen LogP contribution in [0.1, 0.15) is 5.56 Å². The third-order valence-electron chi connectivity index (χ3n) is 2.16. The van der Waals surface area contributed by atoms with E-state index < -0.39 is 0 Å². The maximum Gasteiger partial charge on any atom is 0.264 e. The topological polar surface area (TPSA) is 45.8 Å². The molecule has 1 heterocycles. The highest BCUT2D eigenvalue weighted by molar-refractivity contribution is 5.63. The van der Waals surface area contributed by atoms with E-state index >= 15 is 0 Å². The average molecular weight is 204 g/mol. The van der Waals surface area contributed by atoms with Crippen LogP contribution in [0.15, 0.2) is 35.1 Å². The molecule has 0 radical (unpaired) electrons. The number of aromatic nitrogens is 2. The van der Waals surface area contributed by atoms with Gasteiger partial charge in [-0.05, 0) is 24.6 Å². The zero-order valence-electron chi connectivity index (χ0n) is 8.12. The number of rotatable bonds is 1. The van der Waals surface area contributed by atoms with Crippen LogP contribution in [0.2, 0.25) is 0 Å². The van der Waals surface area contributed by atoms with Gasteiger partial charge >= 0.3 is 0 Å². The summed E-state index contributed by atoms with van der Waals surface area (Å²) in [6.07, 6.45) is 0. The number of nitrogens with one attached hydrogen (secondary N) is 1. The first kappa shape index (κ1) is 9.58. The SMILES string of the molecule is Cc1cccc(F)c1-c1ccc(=O)[nH]n1. The molecule has 2 rings (SSSR count). The van der Waals surface area contributed by atoms with Crippen molar-refractivity contribution in [2.75, 3.05) is 0 Å². The number of nitrogens with zero attached hydrogens (tertiary/aromatic N) is 1. The van der Waals surface area contributed by atoms with E-state index in [9.17, 15) is 9.18 Å². The Morgan fingerprint density at radius 3 is 2.67 bits per heavy atom. The number of aromatic amines is 1. The maximum absolute atomic E-state index is 13.5. The number of halogens is 1. The van der Waals surface area contributed by atoms with E-state index in [-0.39, 0.29) is 11.4 Å². The Morgan fingerprint density at radius 2 is 2.07 bits per heavy atom. The van der Waals surface area contributed by atoms with Crippen LogP contribution in [0, 0.1) is 12.7 Å². The summed E-state index contributed by atoms with van der Waals surface area (Å²) in [5.41, 5.74) is 1.35. The van der Waals surface area contributed by atoms with Crippen LogP contribution in [0.5, 0.6) is 0 Å². The molecule has 0 unspecified atom stereocenters. The predicted octanol–water partition coefficient (Wildman–Crippen LogP) is 1.88. The van der Waals surface area contributed by atoms with Crippen LogP contribution >= 0.6 is 0 Å². The van der Waals surface area contributed by atoms with Gasteiger partial charge in [0.05, 0.1) is 5.69 Å². The molecule has 76 valence electrons. The van der Waals surface area contributed by atoms with Gasteiger partial charge in [-0.3, -0.25) is 4.79 Å². The lowest BCUT2D eigenvalue weighted by molar-refractivity contribution is 0.629. The van der Waals surface area contributed by atoms with Gasteiger partial charge in [0, 0.05) is 11.6 Å². The van der Waals surface area contributed by atoms with Crippen LogP contribution in [0.4, 0.5) is 4.39 Å². The minimum Gasteiger partial charge on any atom is -0.268 e. The Morgan fingerprint density at radius 1 is 1.27 bits per heavy atom. The summed E-state index contributed by atoms with van der Waals surface area (Å²) >= 11 is 0. The summed E-state index contributed by atoms with van der Waals surface area (Å²) in [6, 6.07) is 7.64. The van der Waals surface area contributed by atoms with E-state index in [0.29, 0.717) is 11.3 Å². The van der Waals surface area contributed by atoms with E-state index in [1.807, 2.05) is 0 Å². The number of benzene rings is 1. The monoisotopic (exact) mass is 204 g/mol. The fourth-order valence-electron chi connectivity index (χ4n) is 1.44. The van der Waals surface area contributed by atoms with Crippen molar-refractivity contribution in [3.63, 3.8) is 0 Å². The van der Waals surface area contributed by atoms with Crippen molar-refractivity contribution in [2.24, 2.45) is 0 Å². The van der Waals surface area contributed by atoms with Crippen LogP contribution in [0.3, 0.4) is 0 Å². The van der Waals surface area contributed by atoms with E-state index in [1.165, 1.54) is 18.2 Å². The largest absolute Gasteiger partial charge is 0.268 e. The van der Waals surface area contributed by atoms with Crippen molar-refractivity contribution in [1.82, 2.24) is 10.2 Å². The van der Waals surface area contributed by atoms with Crippen LogP contribution in [-0.4, -0.2) is 10.2 Å². The molecule has 15 heavy (non-hydrogen) atoms. The quantitative estimate of drug-likeness (QED) is 0.770. The maximum atomic E-state index is 13.5. The summed E-state index contributed by atoms with van der Waals surface area (Å²) in [4.78, 5) is 10.8. The molecular formula is C11H9FN2O. The van der Waals surface area contributed by atoms with E-state index in [4.69, 9.17) is 0 Å². The highest BCUT2D eigenvalue weighted by Gasteiger charge is 2.08. The summed E-state index contributed by atoms with van der Waals surface area (Å²) in [6.45, 7) is 1.80. The first-order valence-electron chi connectivity index (χ1n) is 4.50. The van der Waals surface area contributed by atoms with Gasteiger partial charge in [0.15, 0.2) is 0 Å². The van der Waals surface area contributed by atoms with Crippen molar-refractivity contribution >= 4 is 0 Å². The van der Waals surface area contributed by atoms with Gasteiger partial charge in [-0.15, -0.1) is 0 Å². The van der Waals surface area contributed by atoms with Crippen molar-refractivity contribution < 1.29 is 4.39 Å². The lowest BCUT2D eigenvalue weighted by atomic mass is 10.1. The number of hydrogen-bond acceptors (Lipinski definition) is 2. The van der Waals surface area contributed by atoms with E-state index in [2.05, 4.69) is 10.2 Å². The van der Waals surface area contributed by atoms with Crippen molar-refractivity contribution in [1.29, 1.82) is 0 Å².